The quantitative estimate of drug-likeness (QED) is 0.548. The van der Waals surface area contributed by atoms with Gasteiger partial charge in [-0.15, -0.1) is 0 Å². The molecule has 0 N–H and O–H groups in total. The van der Waals surface area contributed by atoms with Crippen LogP contribution in [0.3, 0.4) is 0 Å². The summed E-state index contributed by atoms with van der Waals surface area (Å²) in [5, 5.41) is 10.3. The molecule has 76 valence electrons. The fourth-order valence-electron chi connectivity index (χ4n) is 1.26. The highest BCUT2D eigenvalue weighted by Crippen LogP contribution is 2.20. The van der Waals surface area contributed by atoms with E-state index in [0.29, 0.717) is 11.3 Å². The molecule has 0 aliphatic heterocycles. The van der Waals surface area contributed by atoms with Crippen molar-refractivity contribution in [3.05, 3.63) is 39.7 Å². The fraction of sp³-hybridized carbons (Fsp3) is 0.333. The van der Waals surface area contributed by atoms with Crippen LogP contribution < -0.4 is 4.90 Å². The maximum Gasteiger partial charge on any atom is 0.231 e. The lowest BCUT2D eigenvalue weighted by atomic mass is 10.1. The van der Waals surface area contributed by atoms with Crippen molar-refractivity contribution in [1.82, 2.24) is 0 Å². The van der Waals surface area contributed by atoms with Crippen LogP contribution in [0.2, 0.25) is 0 Å². The SMILES string of the molecule is CN(C)c1ccc(F)cc1C[N+](=O)[O-]. The lowest BCUT2D eigenvalue weighted by molar-refractivity contribution is -0.496. The third-order valence-electron chi connectivity index (χ3n) is 1.82. The van der Waals surface area contributed by atoms with Gasteiger partial charge in [0, 0.05) is 30.3 Å². The van der Waals surface area contributed by atoms with Crippen LogP contribution in [0.5, 0.6) is 0 Å². The van der Waals surface area contributed by atoms with E-state index in [1.54, 1.807) is 19.0 Å². The molecule has 1 aromatic carbocycles. The Bertz CT molecular complexity index is 353. The van der Waals surface area contributed by atoms with Crippen molar-refractivity contribution in [2.24, 2.45) is 0 Å². The molecule has 0 aliphatic rings. The second-order valence-electron chi connectivity index (χ2n) is 3.16. The molecular weight excluding hydrogens is 187 g/mol. The van der Waals surface area contributed by atoms with E-state index in [9.17, 15) is 14.5 Å². The Morgan fingerprint density at radius 2 is 2.14 bits per heavy atom. The summed E-state index contributed by atoms with van der Waals surface area (Å²) in [6, 6.07) is 4.02. The van der Waals surface area contributed by atoms with Gasteiger partial charge in [0.15, 0.2) is 0 Å². The largest absolute Gasteiger partial charge is 0.377 e. The molecule has 0 spiro atoms. The molecule has 4 nitrogen and oxygen atoms in total. The van der Waals surface area contributed by atoms with Gasteiger partial charge in [-0.25, -0.2) is 4.39 Å². The molecule has 0 saturated heterocycles. The Morgan fingerprint density at radius 1 is 1.50 bits per heavy atom. The molecule has 14 heavy (non-hydrogen) atoms. The van der Waals surface area contributed by atoms with Gasteiger partial charge in [-0.2, -0.15) is 0 Å². The zero-order valence-corrected chi connectivity index (χ0v) is 8.03. The molecule has 0 radical (unpaired) electrons. The van der Waals surface area contributed by atoms with Gasteiger partial charge >= 0.3 is 0 Å². The number of anilines is 1. The van der Waals surface area contributed by atoms with Gasteiger partial charge in [-0.1, -0.05) is 0 Å². The summed E-state index contributed by atoms with van der Waals surface area (Å²) in [7, 11) is 3.52. The molecule has 0 amide bonds. The highest BCUT2D eigenvalue weighted by molar-refractivity contribution is 5.52. The lowest BCUT2D eigenvalue weighted by Gasteiger charge is -2.15. The predicted molar refractivity (Wildman–Crippen MR) is 51.4 cm³/mol. The van der Waals surface area contributed by atoms with E-state index in [2.05, 4.69) is 0 Å². The third kappa shape index (κ3) is 2.42. The molecule has 1 rings (SSSR count). The Morgan fingerprint density at radius 3 is 2.64 bits per heavy atom. The Hall–Kier alpha value is -1.65. The number of hydrogen-bond acceptors (Lipinski definition) is 3. The van der Waals surface area contributed by atoms with E-state index < -0.39 is 10.7 Å². The molecular formula is C9H11FN2O2. The van der Waals surface area contributed by atoms with Crippen molar-refractivity contribution in [3.8, 4) is 0 Å². The zero-order valence-electron chi connectivity index (χ0n) is 8.03. The van der Waals surface area contributed by atoms with Crippen molar-refractivity contribution in [2.75, 3.05) is 19.0 Å². The molecule has 0 aliphatic carbocycles. The highest BCUT2D eigenvalue weighted by Gasteiger charge is 2.10. The molecule has 0 atom stereocenters. The third-order valence-corrected chi connectivity index (χ3v) is 1.82. The number of rotatable bonds is 3. The van der Waals surface area contributed by atoms with Crippen molar-refractivity contribution >= 4 is 5.69 Å². The van der Waals surface area contributed by atoms with E-state index in [1.165, 1.54) is 18.2 Å². The first-order valence-corrected chi connectivity index (χ1v) is 4.08. The van der Waals surface area contributed by atoms with Gasteiger partial charge in [-0.05, 0) is 18.2 Å². The molecule has 5 heteroatoms. The van der Waals surface area contributed by atoms with Crippen LogP contribution in [0, 0.1) is 15.9 Å². The summed E-state index contributed by atoms with van der Waals surface area (Å²) in [6.07, 6.45) is 0. The number of nitro groups is 1. The van der Waals surface area contributed by atoms with Crippen LogP contribution in [-0.2, 0) is 6.54 Å². The van der Waals surface area contributed by atoms with Gasteiger partial charge in [-0.3, -0.25) is 10.1 Å². The van der Waals surface area contributed by atoms with E-state index in [0.717, 1.165) is 0 Å². The summed E-state index contributed by atoms with van der Waals surface area (Å²) in [5.41, 5.74) is 1.06. The second kappa shape index (κ2) is 4.04. The van der Waals surface area contributed by atoms with Crippen molar-refractivity contribution in [3.63, 3.8) is 0 Å². The molecule has 0 fully saturated rings. The summed E-state index contributed by atoms with van der Waals surface area (Å²) in [4.78, 5) is 11.6. The summed E-state index contributed by atoms with van der Waals surface area (Å²) in [6.45, 7) is -0.356. The minimum absolute atomic E-state index is 0.356. The molecule has 0 saturated carbocycles. The van der Waals surface area contributed by atoms with Crippen LogP contribution in [0.15, 0.2) is 18.2 Å². The Balaban J connectivity index is 3.09. The summed E-state index contributed by atoms with van der Waals surface area (Å²) >= 11 is 0. The monoisotopic (exact) mass is 198 g/mol. The average molecular weight is 198 g/mol. The molecule has 0 aromatic heterocycles. The lowest BCUT2D eigenvalue weighted by Crippen LogP contribution is -2.13. The molecule has 0 bridgehead atoms. The van der Waals surface area contributed by atoms with E-state index in [4.69, 9.17) is 0 Å². The fourth-order valence-corrected chi connectivity index (χ4v) is 1.26. The van der Waals surface area contributed by atoms with Crippen LogP contribution >= 0.6 is 0 Å². The molecule has 1 aromatic rings. The number of hydrogen-bond donors (Lipinski definition) is 0. The highest BCUT2D eigenvalue weighted by atomic mass is 19.1. The van der Waals surface area contributed by atoms with Gasteiger partial charge in [0.1, 0.15) is 5.82 Å². The second-order valence-corrected chi connectivity index (χ2v) is 3.16. The minimum Gasteiger partial charge on any atom is -0.377 e. The van der Waals surface area contributed by atoms with E-state index in [-0.39, 0.29) is 6.54 Å². The van der Waals surface area contributed by atoms with Crippen molar-refractivity contribution in [2.45, 2.75) is 6.54 Å². The summed E-state index contributed by atoms with van der Waals surface area (Å²) in [5.74, 6) is -0.451. The molecule has 0 unspecified atom stereocenters. The Kier molecular flexibility index (Phi) is 3.01. The van der Waals surface area contributed by atoms with E-state index in [1.807, 2.05) is 0 Å². The van der Waals surface area contributed by atoms with Crippen molar-refractivity contribution < 1.29 is 9.31 Å². The Labute approximate surface area is 81.1 Å². The van der Waals surface area contributed by atoms with Gasteiger partial charge in [0.25, 0.3) is 0 Å². The maximum absolute atomic E-state index is 12.8. The first kappa shape index (κ1) is 10.4. The topological polar surface area (TPSA) is 46.4 Å². The summed E-state index contributed by atoms with van der Waals surface area (Å²) < 4.78 is 12.8. The molecule has 0 heterocycles. The van der Waals surface area contributed by atoms with Crippen LogP contribution in [0.25, 0.3) is 0 Å². The normalized spacial score (nSPS) is 9.93. The number of benzene rings is 1. The van der Waals surface area contributed by atoms with Gasteiger partial charge < -0.3 is 4.90 Å². The van der Waals surface area contributed by atoms with Crippen LogP contribution in [0.1, 0.15) is 5.56 Å². The smallest absolute Gasteiger partial charge is 0.231 e. The number of nitrogens with zero attached hydrogens (tertiary/aromatic N) is 2. The average Bonchev–Trinajstić information content (AvgIpc) is 2.01. The first-order valence-electron chi connectivity index (χ1n) is 4.08. The van der Waals surface area contributed by atoms with Crippen LogP contribution in [0.4, 0.5) is 10.1 Å². The zero-order chi connectivity index (χ0) is 10.7. The van der Waals surface area contributed by atoms with E-state index >= 15 is 0 Å². The maximum atomic E-state index is 12.8. The van der Waals surface area contributed by atoms with Gasteiger partial charge in [0.2, 0.25) is 6.54 Å². The first-order chi connectivity index (χ1) is 6.50. The van der Waals surface area contributed by atoms with Crippen LogP contribution in [-0.4, -0.2) is 19.0 Å². The van der Waals surface area contributed by atoms with Gasteiger partial charge in [0.05, 0.1) is 0 Å². The predicted octanol–water partition coefficient (Wildman–Crippen LogP) is 1.67. The standard InChI is InChI=1S/C9H11FN2O2/c1-11(2)9-4-3-8(10)5-7(9)6-12(13)14/h3-5H,6H2,1-2H3. The number of halogens is 1. The minimum atomic E-state index is -0.470. The van der Waals surface area contributed by atoms with Crippen molar-refractivity contribution in [1.29, 1.82) is 0 Å².